The number of hydrogen-bond donors (Lipinski definition) is 3. The summed E-state index contributed by atoms with van der Waals surface area (Å²) < 4.78 is 5.13. The third kappa shape index (κ3) is 3.42. The first kappa shape index (κ1) is 14.7. The minimum atomic E-state index is 0.290. The first-order valence-electron chi connectivity index (χ1n) is 7.01. The zero-order chi connectivity index (χ0) is 14.5. The minimum Gasteiger partial charge on any atom is -0.495 e. The summed E-state index contributed by atoms with van der Waals surface area (Å²) in [6.07, 6.45) is 5.92. The molecule has 0 aromatic heterocycles. The molecule has 1 saturated carbocycles. The van der Waals surface area contributed by atoms with Gasteiger partial charge in [-0.05, 0) is 37.7 Å². The maximum Gasteiger partial charge on any atom is 0.143 e. The second kappa shape index (κ2) is 6.61. The number of hydrogen-bond acceptors (Lipinski definition) is 5. The topological polar surface area (TPSA) is 93.9 Å². The van der Waals surface area contributed by atoms with Gasteiger partial charge in [0.25, 0.3) is 0 Å². The summed E-state index contributed by atoms with van der Waals surface area (Å²) in [7, 11) is 1.57. The molecule has 1 aromatic rings. The van der Waals surface area contributed by atoms with Gasteiger partial charge in [-0.15, -0.1) is 0 Å². The number of anilines is 2. The molecule has 5 nitrogen and oxygen atoms in total. The Morgan fingerprint density at radius 3 is 2.55 bits per heavy atom. The van der Waals surface area contributed by atoms with Crippen LogP contribution in [0.15, 0.2) is 17.1 Å². The third-order valence-electron chi connectivity index (χ3n) is 3.93. The number of nitrogen functional groups attached to an aromatic ring is 2. The fraction of sp³-hybridized carbons (Fsp3) is 0.533. The van der Waals surface area contributed by atoms with Crippen molar-refractivity contribution in [2.24, 2.45) is 10.9 Å². The Balaban J connectivity index is 2.03. The molecule has 0 heterocycles. The Morgan fingerprint density at radius 2 is 1.95 bits per heavy atom. The monoisotopic (exact) mass is 277 g/mol. The molecule has 0 amide bonds. The van der Waals surface area contributed by atoms with Crippen LogP contribution in [-0.4, -0.2) is 31.1 Å². The van der Waals surface area contributed by atoms with Crippen LogP contribution in [0.4, 0.5) is 11.4 Å². The van der Waals surface area contributed by atoms with Gasteiger partial charge in [-0.25, -0.2) is 0 Å². The van der Waals surface area contributed by atoms with E-state index >= 15 is 0 Å². The van der Waals surface area contributed by atoms with Crippen LogP contribution in [0.1, 0.15) is 31.2 Å². The van der Waals surface area contributed by atoms with Crippen LogP contribution in [0.25, 0.3) is 0 Å². The highest BCUT2D eigenvalue weighted by Gasteiger charge is 2.19. The molecule has 0 saturated heterocycles. The number of ether oxygens (including phenoxy) is 1. The molecule has 1 fully saturated rings. The summed E-state index contributed by atoms with van der Waals surface area (Å²) in [6.45, 7) is 0.290. The number of nitrogens with zero attached hydrogens (tertiary/aromatic N) is 1. The van der Waals surface area contributed by atoms with Crippen molar-refractivity contribution in [1.29, 1.82) is 0 Å². The molecule has 0 radical (unpaired) electrons. The Labute approximate surface area is 119 Å². The van der Waals surface area contributed by atoms with E-state index in [2.05, 4.69) is 4.99 Å². The second-order valence-electron chi connectivity index (χ2n) is 5.36. The number of aliphatic imine (C=N–C) groups is 1. The summed E-state index contributed by atoms with van der Waals surface area (Å²) in [4.78, 5) is 4.60. The summed E-state index contributed by atoms with van der Waals surface area (Å²) >= 11 is 0. The lowest BCUT2D eigenvalue weighted by Crippen LogP contribution is -2.19. The van der Waals surface area contributed by atoms with Crippen LogP contribution in [0, 0.1) is 5.92 Å². The van der Waals surface area contributed by atoms with Crippen molar-refractivity contribution >= 4 is 17.6 Å². The molecule has 0 bridgehead atoms. The van der Waals surface area contributed by atoms with E-state index in [4.69, 9.17) is 21.3 Å². The predicted octanol–water partition coefficient (Wildman–Crippen LogP) is 1.83. The van der Waals surface area contributed by atoms with E-state index in [1.54, 1.807) is 25.5 Å². The van der Waals surface area contributed by atoms with Gasteiger partial charge in [0.15, 0.2) is 0 Å². The molecule has 5 heteroatoms. The van der Waals surface area contributed by atoms with Crippen LogP contribution >= 0.6 is 0 Å². The fourth-order valence-corrected chi connectivity index (χ4v) is 2.58. The Hall–Kier alpha value is -1.75. The lowest BCUT2D eigenvalue weighted by atomic mass is 9.87. The van der Waals surface area contributed by atoms with Crippen molar-refractivity contribution in [1.82, 2.24) is 0 Å². The van der Waals surface area contributed by atoms with Crippen molar-refractivity contribution in [3.63, 3.8) is 0 Å². The predicted molar refractivity (Wildman–Crippen MR) is 82.2 cm³/mol. The van der Waals surface area contributed by atoms with E-state index < -0.39 is 0 Å². The van der Waals surface area contributed by atoms with Crippen LogP contribution in [0.3, 0.4) is 0 Å². The number of aliphatic hydroxyl groups is 1. The summed E-state index contributed by atoms with van der Waals surface area (Å²) in [5, 5.41) is 9.12. The van der Waals surface area contributed by atoms with Gasteiger partial charge in [-0.2, -0.15) is 0 Å². The molecule has 0 aliphatic heterocycles. The number of aliphatic hydroxyl groups excluding tert-OH is 1. The average Bonchev–Trinajstić information content (AvgIpc) is 2.48. The van der Waals surface area contributed by atoms with E-state index in [9.17, 15) is 0 Å². The van der Waals surface area contributed by atoms with E-state index in [-0.39, 0.29) is 0 Å². The van der Waals surface area contributed by atoms with Gasteiger partial charge in [0.05, 0.1) is 12.8 Å². The number of rotatable bonds is 4. The SMILES string of the molecule is COc1cc(N)c(C=NC2CCC(CO)CC2)cc1N. The molecule has 2 rings (SSSR count). The molecule has 1 aliphatic carbocycles. The van der Waals surface area contributed by atoms with E-state index in [0.717, 1.165) is 31.2 Å². The highest BCUT2D eigenvalue weighted by Crippen LogP contribution is 2.28. The zero-order valence-electron chi connectivity index (χ0n) is 11.9. The highest BCUT2D eigenvalue weighted by atomic mass is 16.5. The van der Waals surface area contributed by atoms with Gasteiger partial charge in [0.1, 0.15) is 5.75 Å². The molecule has 5 N–H and O–H groups in total. The first-order valence-corrected chi connectivity index (χ1v) is 7.01. The van der Waals surface area contributed by atoms with Gasteiger partial charge in [-0.3, -0.25) is 4.99 Å². The number of benzene rings is 1. The van der Waals surface area contributed by atoms with E-state index in [0.29, 0.717) is 35.7 Å². The maximum absolute atomic E-state index is 9.12. The van der Waals surface area contributed by atoms with Gasteiger partial charge in [0, 0.05) is 36.2 Å². The lowest BCUT2D eigenvalue weighted by molar-refractivity contribution is 0.183. The Kier molecular flexibility index (Phi) is 4.84. The largest absolute Gasteiger partial charge is 0.495 e. The van der Waals surface area contributed by atoms with Crippen LogP contribution < -0.4 is 16.2 Å². The van der Waals surface area contributed by atoms with E-state index in [1.807, 2.05) is 0 Å². The van der Waals surface area contributed by atoms with Gasteiger partial charge < -0.3 is 21.3 Å². The molecule has 1 aromatic carbocycles. The smallest absolute Gasteiger partial charge is 0.143 e. The summed E-state index contributed by atoms with van der Waals surface area (Å²) in [5.74, 6) is 1.03. The third-order valence-corrected chi connectivity index (χ3v) is 3.93. The zero-order valence-corrected chi connectivity index (χ0v) is 11.9. The van der Waals surface area contributed by atoms with Crippen molar-refractivity contribution in [2.45, 2.75) is 31.7 Å². The van der Waals surface area contributed by atoms with Crippen molar-refractivity contribution in [2.75, 3.05) is 25.2 Å². The lowest BCUT2D eigenvalue weighted by Gasteiger charge is -2.24. The van der Waals surface area contributed by atoms with Crippen molar-refractivity contribution < 1.29 is 9.84 Å². The molecular weight excluding hydrogens is 254 g/mol. The Morgan fingerprint density at radius 1 is 1.25 bits per heavy atom. The quantitative estimate of drug-likeness (QED) is 0.578. The molecule has 1 aliphatic rings. The van der Waals surface area contributed by atoms with Crippen molar-refractivity contribution in [3.8, 4) is 5.75 Å². The van der Waals surface area contributed by atoms with Crippen molar-refractivity contribution in [3.05, 3.63) is 17.7 Å². The fourth-order valence-electron chi connectivity index (χ4n) is 2.58. The number of methoxy groups -OCH3 is 1. The summed E-state index contributed by atoms with van der Waals surface area (Å²) in [6, 6.07) is 3.83. The van der Waals surface area contributed by atoms with Gasteiger partial charge >= 0.3 is 0 Å². The molecule has 0 spiro atoms. The Bertz CT molecular complexity index is 480. The summed E-state index contributed by atoms with van der Waals surface area (Å²) in [5.41, 5.74) is 13.8. The minimum absolute atomic E-state index is 0.290. The average molecular weight is 277 g/mol. The molecule has 20 heavy (non-hydrogen) atoms. The standard InChI is InChI=1S/C15H23N3O2/c1-20-15-7-13(16)11(6-14(15)17)8-18-12-4-2-10(9-19)3-5-12/h6-8,10,12,19H,2-5,9,16-17H2,1H3. The second-order valence-corrected chi connectivity index (χ2v) is 5.36. The first-order chi connectivity index (χ1) is 9.63. The normalized spacial score (nSPS) is 23.1. The molecule has 110 valence electrons. The molecular formula is C15H23N3O2. The van der Waals surface area contributed by atoms with Crippen LogP contribution in [-0.2, 0) is 0 Å². The number of nitrogens with two attached hydrogens (primary N) is 2. The maximum atomic E-state index is 9.12. The van der Waals surface area contributed by atoms with Gasteiger partial charge in [-0.1, -0.05) is 0 Å². The van der Waals surface area contributed by atoms with Crippen LogP contribution in [0.2, 0.25) is 0 Å². The van der Waals surface area contributed by atoms with Gasteiger partial charge in [0.2, 0.25) is 0 Å². The molecule has 0 unspecified atom stereocenters. The van der Waals surface area contributed by atoms with Crippen LogP contribution in [0.5, 0.6) is 5.75 Å². The highest BCUT2D eigenvalue weighted by molar-refractivity contribution is 5.89. The molecule has 0 atom stereocenters. The van der Waals surface area contributed by atoms with E-state index in [1.165, 1.54) is 0 Å².